The lowest BCUT2D eigenvalue weighted by molar-refractivity contribution is -0.137. The number of rotatable bonds is 16. The zero-order valence-corrected chi connectivity index (χ0v) is 14.5. The van der Waals surface area contributed by atoms with Gasteiger partial charge in [0.1, 0.15) is 0 Å². The third kappa shape index (κ3) is 12.8. The third-order valence-electron chi connectivity index (χ3n) is 4.25. The summed E-state index contributed by atoms with van der Waals surface area (Å²) in [6, 6.07) is 0. The molecule has 0 atom stereocenters. The first-order chi connectivity index (χ1) is 11.3. The molecule has 0 spiro atoms. The molecule has 0 aliphatic rings. The Kier molecular flexibility index (Phi) is 12.2. The van der Waals surface area contributed by atoms with Gasteiger partial charge in [-0.3, -0.25) is 9.48 Å². The Balaban J connectivity index is 1.69. The fraction of sp³-hybridized carbons (Fsp3) is 0.833. The van der Waals surface area contributed by atoms with Crippen LogP contribution in [0.3, 0.4) is 0 Å². The van der Waals surface area contributed by atoms with Crippen molar-refractivity contribution in [1.82, 2.24) is 15.0 Å². The van der Waals surface area contributed by atoms with E-state index in [1.807, 2.05) is 10.9 Å². The minimum atomic E-state index is -0.664. The van der Waals surface area contributed by atoms with Crippen LogP contribution in [-0.4, -0.2) is 26.1 Å². The molecule has 23 heavy (non-hydrogen) atoms. The third-order valence-corrected chi connectivity index (χ3v) is 4.25. The van der Waals surface area contributed by atoms with Crippen molar-refractivity contribution in [2.45, 2.75) is 96.4 Å². The maximum absolute atomic E-state index is 10.4. The Bertz CT molecular complexity index is 380. The number of hydrogen-bond donors (Lipinski definition) is 1. The van der Waals surface area contributed by atoms with Gasteiger partial charge in [-0.2, -0.15) is 0 Å². The van der Waals surface area contributed by atoms with E-state index in [0.29, 0.717) is 6.42 Å². The van der Waals surface area contributed by atoms with Gasteiger partial charge in [-0.1, -0.05) is 75.8 Å². The smallest absolute Gasteiger partial charge is 0.303 e. The normalized spacial score (nSPS) is 11.0. The van der Waals surface area contributed by atoms with Gasteiger partial charge in [-0.25, -0.2) is 0 Å². The molecule has 5 heteroatoms. The number of carboxylic acid groups (broad SMARTS) is 1. The first kappa shape index (κ1) is 19.7. The van der Waals surface area contributed by atoms with Crippen LogP contribution in [-0.2, 0) is 11.3 Å². The summed E-state index contributed by atoms with van der Waals surface area (Å²) in [5.41, 5.74) is 0. The van der Waals surface area contributed by atoms with Crippen LogP contribution in [0.4, 0.5) is 0 Å². The Morgan fingerprint density at radius 1 is 0.783 bits per heavy atom. The van der Waals surface area contributed by atoms with Gasteiger partial charge in [0.15, 0.2) is 0 Å². The number of carboxylic acids is 1. The number of carbonyl (C=O) groups is 1. The molecule has 1 N–H and O–H groups in total. The van der Waals surface area contributed by atoms with Crippen molar-refractivity contribution in [3.63, 3.8) is 0 Å². The van der Waals surface area contributed by atoms with E-state index in [1.165, 1.54) is 70.6 Å². The largest absolute Gasteiger partial charge is 0.481 e. The second kappa shape index (κ2) is 14.2. The topological polar surface area (TPSA) is 68.0 Å². The summed E-state index contributed by atoms with van der Waals surface area (Å²) in [6.07, 6.45) is 20.3. The fourth-order valence-corrected chi connectivity index (χ4v) is 2.85. The molecule has 1 aromatic rings. The predicted molar refractivity (Wildman–Crippen MR) is 92.3 cm³/mol. The summed E-state index contributed by atoms with van der Waals surface area (Å²) in [7, 11) is 0. The van der Waals surface area contributed by atoms with Gasteiger partial charge in [0.05, 0.1) is 6.20 Å². The molecule has 0 amide bonds. The molecule has 5 nitrogen and oxygen atoms in total. The number of nitrogens with zero attached hydrogens (tertiary/aromatic N) is 3. The Labute approximate surface area is 140 Å². The molecule has 0 fully saturated rings. The lowest BCUT2D eigenvalue weighted by Gasteiger charge is -2.03. The van der Waals surface area contributed by atoms with Crippen molar-refractivity contribution in [2.75, 3.05) is 0 Å². The number of aryl methyl sites for hydroxylation is 1. The van der Waals surface area contributed by atoms with Gasteiger partial charge < -0.3 is 5.11 Å². The van der Waals surface area contributed by atoms with Crippen molar-refractivity contribution in [2.24, 2.45) is 0 Å². The standard InChI is InChI=1S/C18H33N3O2/c22-18(23)14-12-10-8-6-4-2-1-3-5-7-9-11-13-16-21-17-15-19-20-21/h15,17H,1-14,16H2,(H,22,23). The number of aromatic nitrogens is 3. The first-order valence-electron chi connectivity index (χ1n) is 9.35. The highest BCUT2D eigenvalue weighted by atomic mass is 16.4. The maximum Gasteiger partial charge on any atom is 0.303 e. The summed E-state index contributed by atoms with van der Waals surface area (Å²) in [5, 5.41) is 16.3. The van der Waals surface area contributed by atoms with E-state index in [-0.39, 0.29) is 0 Å². The van der Waals surface area contributed by atoms with Crippen molar-refractivity contribution in [3.8, 4) is 0 Å². The van der Waals surface area contributed by atoms with Gasteiger partial charge in [-0.15, -0.1) is 5.10 Å². The van der Waals surface area contributed by atoms with Crippen LogP contribution in [0.5, 0.6) is 0 Å². The summed E-state index contributed by atoms with van der Waals surface area (Å²) < 4.78 is 1.90. The van der Waals surface area contributed by atoms with Crippen molar-refractivity contribution < 1.29 is 9.90 Å². The zero-order valence-electron chi connectivity index (χ0n) is 14.5. The molecule has 0 unspecified atom stereocenters. The molecule has 1 heterocycles. The summed E-state index contributed by atoms with van der Waals surface area (Å²) in [5.74, 6) is -0.664. The molecule has 0 aromatic carbocycles. The molecule has 1 rings (SSSR count). The van der Waals surface area contributed by atoms with E-state index >= 15 is 0 Å². The maximum atomic E-state index is 10.4. The minimum absolute atomic E-state index is 0.332. The molecule has 0 aliphatic carbocycles. The lowest BCUT2D eigenvalue weighted by atomic mass is 10.0. The number of unbranched alkanes of at least 4 members (excludes halogenated alkanes) is 12. The van der Waals surface area contributed by atoms with E-state index < -0.39 is 5.97 Å². The monoisotopic (exact) mass is 323 g/mol. The van der Waals surface area contributed by atoms with Gasteiger partial charge >= 0.3 is 5.97 Å². The van der Waals surface area contributed by atoms with Gasteiger partial charge in [0.25, 0.3) is 0 Å². The van der Waals surface area contributed by atoms with Gasteiger partial charge in [0.2, 0.25) is 0 Å². The molecular weight excluding hydrogens is 290 g/mol. The summed E-state index contributed by atoms with van der Waals surface area (Å²) in [4.78, 5) is 10.4. The average molecular weight is 323 g/mol. The highest BCUT2D eigenvalue weighted by Gasteiger charge is 1.97. The quantitative estimate of drug-likeness (QED) is 0.443. The SMILES string of the molecule is O=C(O)CCCCCCCCCCCCCCCn1ccnn1. The van der Waals surface area contributed by atoms with E-state index in [2.05, 4.69) is 10.3 Å². The van der Waals surface area contributed by atoms with Crippen LogP contribution in [0.1, 0.15) is 89.9 Å². The first-order valence-corrected chi connectivity index (χ1v) is 9.35. The Morgan fingerprint density at radius 2 is 1.26 bits per heavy atom. The highest BCUT2D eigenvalue weighted by molar-refractivity contribution is 5.66. The molecule has 0 radical (unpaired) electrons. The van der Waals surface area contributed by atoms with Gasteiger partial charge in [0, 0.05) is 19.2 Å². The minimum Gasteiger partial charge on any atom is -0.481 e. The van der Waals surface area contributed by atoms with Crippen LogP contribution < -0.4 is 0 Å². The van der Waals surface area contributed by atoms with Crippen LogP contribution >= 0.6 is 0 Å². The molecule has 0 bridgehead atoms. The lowest BCUT2D eigenvalue weighted by Crippen LogP contribution is -1.98. The van der Waals surface area contributed by atoms with Crippen LogP contribution in [0.25, 0.3) is 0 Å². The highest BCUT2D eigenvalue weighted by Crippen LogP contribution is 2.13. The number of hydrogen-bond acceptors (Lipinski definition) is 3. The van der Waals surface area contributed by atoms with E-state index in [9.17, 15) is 4.79 Å². The summed E-state index contributed by atoms with van der Waals surface area (Å²) >= 11 is 0. The van der Waals surface area contributed by atoms with Crippen LogP contribution in [0, 0.1) is 0 Å². The summed E-state index contributed by atoms with van der Waals surface area (Å²) in [6.45, 7) is 0.993. The second-order valence-electron chi connectivity index (χ2n) is 6.41. The van der Waals surface area contributed by atoms with Crippen LogP contribution in [0.15, 0.2) is 12.4 Å². The molecular formula is C18H33N3O2. The predicted octanol–water partition coefficient (Wildman–Crippen LogP) is 4.82. The number of aliphatic carboxylic acids is 1. The Hall–Kier alpha value is -1.39. The fourth-order valence-electron chi connectivity index (χ4n) is 2.85. The van der Waals surface area contributed by atoms with Crippen LogP contribution in [0.2, 0.25) is 0 Å². The molecule has 1 aromatic heterocycles. The van der Waals surface area contributed by atoms with E-state index in [4.69, 9.17) is 5.11 Å². The second-order valence-corrected chi connectivity index (χ2v) is 6.41. The molecule has 0 saturated carbocycles. The van der Waals surface area contributed by atoms with Gasteiger partial charge in [-0.05, 0) is 12.8 Å². The molecule has 132 valence electrons. The zero-order chi connectivity index (χ0) is 16.6. The van der Waals surface area contributed by atoms with E-state index in [1.54, 1.807) is 6.20 Å². The average Bonchev–Trinajstić information content (AvgIpc) is 3.04. The van der Waals surface area contributed by atoms with Crippen molar-refractivity contribution in [3.05, 3.63) is 12.4 Å². The molecule has 0 saturated heterocycles. The van der Waals surface area contributed by atoms with Crippen molar-refractivity contribution >= 4 is 5.97 Å². The molecule has 0 aliphatic heterocycles. The van der Waals surface area contributed by atoms with Crippen molar-refractivity contribution in [1.29, 1.82) is 0 Å². The van der Waals surface area contributed by atoms with E-state index in [0.717, 1.165) is 19.4 Å². The Morgan fingerprint density at radius 3 is 1.70 bits per heavy atom.